The van der Waals surface area contributed by atoms with E-state index in [9.17, 15) is 13.2 Å². The van der Waals surface area contributed by atoms with Gasteiger partial charge in [-0.2, -0.15) is 23.1 Å². The molecule has 1 atom stereocenters. The highest BCUT2D eigenvalue weighted by atomic mass is 19.4. The fourth-order valence-electron chi connectivity index (χ4n) is 6.87. The predicted octanol–water partition coefficient (Wildman–Crippen LogP) is 4.33. The maximum atomic E-state index is 16.6. The Labute approximate surface area is 263 Å². The number of alkyl halides is 3. The van der Waals surface area contributed by atoms with E-state index in [0.29, 0.717) is 32.7 Å². The summed E-state index contributed by atoms with van der Waals surface area (Å²) >= 11 is 0. The normalized spacial score (nSPS) is 22.5. The maximum absolute atomic E-state index is 16.6. The molecule has 46 heavy (non-hydrogen) atoms. The average molecular weight is 647 g/mol. The van der Waals surface area contributed by atoms with Crippen LogP contribution in [0.5, 0.6) is 11.9 Å². The minimum Gasteiger partial charge on any atom is -0.474 e. The molecule has 0 amide bonds. The zero-order valence-corrected chi connectivity index (χ0v) is 25.9. The second-order valence-electron chi connectivity index (χ2n) is 13.2. The van der Waals surface area contributed by atoms with Crippen LogP contribution < -0.4 is 25.8 Å². The molecule has 1 aliphatic carbocycles. The van der Waals surface area contributed by atoms with E-state index in [4.69, 9.17) is 19.9 Å². The Balaban J connectivity index is 1.28. The highest BCUT2D eigenvalue weighted by Gasteiger charge is 2.52. The van der Waals surface area contributed by atoms with Crippen LogP contribution in [0.15, 0.2) is 6.07 Å². The molecule has 11 nitrogen and oxygen atoms in total. The molecule has 1 saturated carbocycles. The lowest BCUT2D eigenvalue weighted by molar-refractivity contribution is -0.137. The fraction of sp³-hybridized carbons (Fsp3) is 0.613. The Hall–Kier alpha value is -3.56. The van der Waals surface area contributed by atoms with Gasteiger partial charge in [-0.25, -0.2) is 14.4 Å². The Kier molecular flexibility index (Phi) is 7.83. The Morgan fingerprint density at radius 3 is 2.63 bits per heavy atom. The van der Waals surface area contributed by atoms with Gasteiger partial charge in [-0.05, 0) is 58.6 Å². The van der Waals surface area contributed by atoms with Crippen LogP contribution in [0.4, 0.5) is 29.2 Å². The quantitative estimate of drug-likeness (QED) is 0.331. The van der Waals surface area contributed by atoms with Gasteiger partial charge in [0.1, 0.15) is 28.2 Å². The second-order valence-corrected chi connectivity index (χ2v) is 13.2. The number of hydrogen-bond acceptors (Lipinski definition) is 11. The number of aromatic nitrogens is 4. The Morgan fingerprint density at radius 1 is 1.11 bits per heavy atom. The van der Waals surface area contributed by atoms with Crippen LogP contribution in [-0.2, 0) is 10.9 Å². The molecule has 15 heteroatoms. The first-order chi connectivity index (χ1) is 21.9. The van der Waals surface area contributed by atoms with Gasteiger partial charge in [-0.1, -0.05) is 0 Å². The molecule has 7 rings (SSSR count). The fourth-order valence-corrected chi connectivity index (χ4v) is 6.87. The lowest BCUT2D eigenvalue weighted by Gasteiger charge is -2.48. The molecule has 248 valence electrons. The van der Waals surface area contributed by atoms with Crippen molar-refractivity contribution in [1.82, 2.24) is 30.2 Å². The summed E-state index contributed by atoms with van der Waals surface area (Å²) in [4.78, 5) is 19.5. The third kappa shape index (κ3) is 5.99. The van der Waals surface area contributed by atoms with Crippen molar-refractivity contribution in [2.45, 2.75) is 63.8 Å². The third-order valence-electron chi connectivity index (χ3n) is 9.36. The van der Waals surface area contributed by atoms with Crippen molar-refractivity contribution in [2.75, 3.05) is 63.5 Å². The van der Waals surface area contributed by atoms with Gasteiger partial charge >= 0.3 is 12.2 Å². The number of aryl methyl sites for hydroxylation is 1. The zero-order chi connectivity index (χ0) is 32.3. The smallest absolute Gasteiger partial charge is 0.418 e. The highest BCUT2D eigenvalue weighted by molar-refractivity contribution is 5.96. The maximum Gasteiger partial charge on any atom is 0.418 e. The summed E-state index contributed by atoms with van der Waals surface area (Å²) in [5.74, 6) is -1.14. The van der Waals surface area contributed by atoms with Crippen LogP contribution in [0.2, 0.25) is 0 Å². The molecule has 3 aliphatic heterocycles. The lowest BCUT2D eigenvalue weighted by Crippen LogP contribution is -2.62. The van der Waals surface area contributed by atoms with Crippen LogP contribution >= 0.6 is 0 Å². The zero-order valence-electron chi connectivity index (χ0n) is 25.9. The molecule has 1 unspecified atom stereocenters. The van der Waals surface area contributed by atoms with Gasteiger partial charge in [0.15, 0.2) is 5.82 Å². The van der Waals surface area contributed by atoms with Gasteiger partial charge in [-0.15, -0.1) is 0 Å². The summed E-state index contributed by atoms with van der Waals surface area (Å²) in [6, 6.07) is 0.892. The van der Waals surface area contributed by atoms with Crippen LogP contribution in [0.1, 0.15) is 50.3 Å². The first kappa shape index (κ1) is 31.1. The number of likely N-dealkylation sites (tertiary alicyclic amines) is 1. The van der Waals surface area contributed by atoms with E-state index >= 15 is 4.39 Å². The molecule has 3 fully saturated rings. The summed E-state index contributed by atoms with van der Waals surface area (Å²) < 4.78 is 77.8. The minimum atomic E-state index is -4.85. The van der Waals surface area contributed by atoms with E-state index in [-0.39, 0.29) is 45.4 Å². The molecule has 4 N–H and O–H groups in total. The average Bonchev–Trinajstić information content (AvgIpc) is 3.56. The van der Waals surface area contributed by atoms with Gasteiger partial charge in [0.25, 0.3) is 0 Å². The molecule has 3 aromatic heterocycles. The Bertz CT molecular complexity index is 1640. The number of anilines is 2. The van der Waals surface area contributed by atoms with Gasteiger partial charge in [0.2, 0.25) is 5.88 Å². The molecule has 2 saturated heterocycles. The molecular weight excluding hydrogens is 608 g/mol. The topological polar surface area (TPSA) is 133 Å². The van der Waals surface area contributed by atoms with Gasteiger partial charge < -0.3 is 30.6 Å². The number of pyridine rings is 2. The summed E-state index contributed by atoms with van der Waals surface area (Å²) in [5, 5.41) is 6.62. The number of halogens is 4. The number of hydrogen-bond donors (Lipinski definition) is 3. The van der Waals surface area contributed by atoms with Crippen LogP contribution in [0.3, 0.4) is 0 Å². The van der Waals surface area contributed by atoms with Crippen molar-refractivity contribution in [3.05, 3.63) is 23.1 Å². The van der Waals surface area contributed by atoms with Crippen molar-refractivity contribution in [2.24, 2.45) is 5.41 Å². The number of nitrogen functional groups attached to an aromatic ring is 1. The molecule has 0 radical (unpaired) electrons. The van der Waals surface area contributed by atoms with Crippen molar-refractivity contribution < 1.29 is 31.8 Å². The number of nitrogens with one attached hydrogen (secondary N) is 2. The molecule has 6 heterocycles. The van der Waals surface area contributed by atoms with Crippen LogP contribution in [-0.4, -0.2) is 89.0 Å². The lowest BCUT2D eigenvalue weighted by atomic mass is 9.89. The van der Waals surface area contributed by atoms with E-state index in [1.54, 1.807) is 0 Å². The van der Waals surface area contributed by atoms with Crippen molar-refractivity contribution in [1.29, 1.82) is 0 Å². The van der Waals surface area contributed by atoms with Gasteiger partial charge in [0, 0.05) is 50.3 Å². The molecule has 4 aliphatic rings. The second kappa shape index (κ2) is 11.6. The van der Waals surface area contributed by atoms with E-state index in [1.165, 1.54) is 6.92 Å². The SMILES string of the molecule is Cc1nc(N)cc(-c2nc3c4c(nc(OCC5(CN6CC7(CCCO7)C6)CC5)nc4c2F)NCCNCCC(C)O3)c1C(F)(F)F. The minimum absolute atomic E-state index is 0.000172. The first-order valence-electron chi connectivity index (χ1n) is 15.8. The van der Waals surface area contributed by atoms with Crippen molar-refractivity contribution >= 4 is 22.5 Å². The standard InChI is InChI=1S/C31H38F4N8O3/c1-17-4-8-37-9-10-38-26-21-25(23(32)24(40-27(21)46-17)19-12-20(36)39-18(2)22(19)31(33,34)35)41-28(42-26)44-16-29(6-7-29)13-43-14-30(15-43)5-3-11-45-30/h12,17,37H,3-11,13-16H2,1-2H3,(H2,36,39)(H,38,41,42). The summed E-state index contributed by atoms with van der Waals surface area (Å²) in [5.41, 5.74) is 2.85. The largest absolute Gasteiger partial charge is 0.474 e. The summed E-state index contributed by atoms with van der Waals surface area (Å²) in [6.07, 6.45) is -0.543. The summed E-state index contributed by atoms with van der Waals surface area (Å²) in [6.45, 7) is 8.44. The number of nitrogens with zero attached hydrogens (tertiary/aromatic N) is 5. The number of ether oxygens (including phenoxy) is 3. The van der Waals surface area contributed by atoms with E-state index in [2.05, 4.69) is 35.5 Å². The Morgan fingerprint density at radius 2 is 1.91 bits per heavy atom. The van der Waals surface area contributed by atoms with Crippen LogP contribution in [0.25, 0.3) is 22.2 Å². The first-order valence-corrected chi connectivity index (χ1v) is 15.8. The van der Waals surface area contributed by atoms with Gasteiger partial charge in [-0.3, -0.25) is 4.90 Å². The van der Waals surface area contributed by atoms with E-state index in [1.807, 2.05) is 6.92 Å². The molecule has 0 bridgehead atoms. The number of nitrogens with two attached hydrogens (primary N) is 1. The monoisotopic (exact) mass is 646 g/mol. The highest BCUT2D eigenvalue weighted by Crippen LogP contribution is 2.49. The molecule has 0 aromatic carbocycles. The van der Waals surface area contributed by atoms with Crippen molar-refractivity contribution in [3.8, 4) is 23.1 Å². The van der Waals surface area contributed by atoms with Gasteiger partial charge in [0.05, 0.1) is 29.6 Å². The molecular formula is C31H38F4N8O3. The molecule has 3 aromatic rings. The van der Waals surface area contributed by atoms with E-state index in [0.717, 1.165) is 58.0 Å². The van der Waals surface area contributed by atoms with Crippen molar-refractivity contribution in [3.63, 3.8) is 0 Å². The third-order valence-corrected chi connectivity index (χ3v) is 9.36. The van der Waals surface area contributed by atoms with Crippen LogP contribution in [0, 0.1) is 18.2 Å². The summed E-state index contributed by atoms with van der Waals surface area (Å²) in [7, 11) is 0. The molecule has 1 spiro atoms. The predicted molar refractivity (Wildman–Crippen MR) is 162 cm³/mol. The van der Waals surface area contributed by atoms with E-state index < -0.39 is 40.6 Å². The number of rotatable bonds is 6.